The second kappa shape index (κ2) is 6.94. The summed E-state index contributed by atoms with van der Waals surface area (Å²) in [6.45, 7) is 4.78. The molecule has 100 valence electrons. The quantitative estimate of drug-likeness (QED) is 0.654. The maximum Gasteiger partial charge on any atom is 0.0760 e. The van der Waals surface area contributed by atoms with E-state index >= 15 is 0 Å². The van der Waals surface area contributed by atoms with E-state index in [1.165, 1.54) is 0 Å². The highest BCUT2D eigenvalue weighted by Gasteiger charge is 2.14. The van der Waals surface area contributed by atoms with Gasteiger partial charge in [-0.15, -0.1) is 11.8 Å². The van der Waals surface area contributed by atoms with Crippen molar-refractivity contribution in [1.82, 2.24) is 15.2 Å². The van der Waals surface area contributed by atoms with E-state index in [1.54, 1.807) is 24.2 Å². The summed E-state index contributed by atoms with van der Waals surface area (Å²) in [6.07, 6.45) is 3.05. The first-order valence-electron chi connectivity index (χ1n) is 6.19. The van der Waals surface area contributed by atoms with Crippen molar-refractivity contribution in [2.24, 2.45) is 0 Å². The van der Waals surface area contributed by atoms with Crippen LogP contribution in [0.25, 0.3) is 0 Å². The van der Waals surface area contributed by atoms with E-state index in [1.807, 2.05) is 6.07 Å². The standard InChI is InChI=1S/C12H20N4OS/c13-11-7-15-2-1-12(11)18-9-10(17)8-16-5-3-14-4-6-16/h1-2,7,10,14,17H,3-6,8-9,13H2. The molecule has 1 unspecified atom stereocenters. The van der Waals surface area contributed by atoms with Gasteiger partial charge >= 0.3 is 0 Å². The molecule has 1 aliphatic rings. The van der Waals surface area contributed by atoms with Gasteiger partial charge in [-0.05, 0) is 6.07 Å². The Labute approximate surface area is 112 Å². The molecule has 2 rings (SSSR count). The minimum absolute atomic E-state index is 0.319. The Morgan fingerprint density at radius 3 is 3.00 bits per heavy atom. The lowest BCUT2D eigenvalue weighted by molar-refractivity contribution is 0.121. The SMILES string of the molecule is Nc1cnccc1SCC(O)CN1CCNCC1. The normalized spacial score (nSPS) is 18.7. The van der Waals surface area contributed by atoms with Gasteiger partial charge in [-0.1, -0.05) is 0 Å². The van der Waals surface area contributed by atoms with Gasteiger partial charge in [0, 0.05) is 49.6 Å². The molecule has 0 spiro atoms. The molecule has 1 atom stereocenters. The summed E-state index contributed by atoms with van der Waals surface area (Å²) in [5.74, 6) is 0.665. The number of thioether (sulfide) groups is 1. The summed E-state index contributed by atoms with van der Waals surface area (Å²) < 4.78 is 0. The van der Waals surface area contributed by atoms with Crippen molar-refractivity contribution in [1.29, 1.82) is 0 Å². The van der Waals surface area contributed by atoms with Crippen LogP contribution in [0.1, 0.15) is 0 Å². The molecule has 0 radical (unpaired) electrons. The van der Waals surface area contributed by atoms with Crippen molar-refractivity contribution in [2.75, 3.05) is 44.2 Å². The number of piperazine rings is 1. The monoisotopic (exact) mass is 268 g/mol. The number of β-amino-alcohol motifs (C(OH)–C–C–N with tert-alkyl or cyclic N) is 1. The van der Waals surface area contributed by atoms with Crippen LogP contribution in [0.2, 0.25) is 0 Å². The predicted octanol–water partition coefficient (Wildman–Crippen LogP) is 0.0220. The highest BCUT2D eigenvalue weighted by atomic mass is 32.2. The first-order valence-corrected chi connectivity index (χ1v) is 7.17. The summed E-state index contributed by atoms with van der Waals surface area (Å²) in [4.78, 5) is 7.23. The van der Waals surface area contributed by atoms with Crippen molar-refractivity contribution in [3.8, 4) is 0 Å². The molecule has 0 aliphatic carbocycles. The van der Waals surface area contributed by atoms with Gasteiger partial charge in [-0.2, -0.15) is 0 Å². The zero-order chi connectivity index (χ0) is 12.8. The molecule has 0 bridgehead atoms. The molecule has 0 saturated carbocycles. The topological polar surface area (TPSA) is 74.4 Å². The molecule has 4 N–H and O–H groups in total. The van der Waals surface area contributed by atoms with E-state index in [9.17, 15) is 5.11 Å². The molecule has 1 aromatic heterocycles. The van der Waals surface area contributed by atoms with Crippen molar-refractivity contribution >= 4 is 17.4 Å². The van der Waals surface area contributed by atoms with Crippen LogP contribution in [0.5, 0.6) is 0 Å². The lowest BCUT2D eigenvalue weighted by Crippen LogP contribution is -2.46. The lowest BCUT2D eigenvalue weighted by atomic mass is 10.3. The molecular weight excluding hydrogens is 248 g/mol. The number of nitrogens with zero attached hydrogens (tertiary/aromatic N) is 2. The molecule has 1 saturated heterocycles. The number of nitrogens with one attached hydrogen (secondary N) is 1. The Morgan fingerprint density at radius 1 is 1.50 bits per heavy atom. The summed E-state index contributed by atoms with van der Waals surface area (Å²) in [7, 11) is 0. The molecule has 6 heteroatoms. The van der Waals surface area contributed by atoms with Gasteiger partial charge in [0.2, 0.25) is 0 Å². The molecule has 1 fully saturated rings. The fourth-order valence-electron chi connectivity index (χ4n) is 1.96. The van der Waals surface area contributed by atoms with Crippen LogP contribution >= 0.6 is 11.8 Å². The van der Waals surface area contributed by atoms with Gasteiger partial charge in [-0.25, -0.2) is 0 Å². The summed E-state index contributed by atoms with van der Waals surface area (Å²) in [5, 5.41) is 13.3. The second-order valence-corrected chi connectivity index (χ2v) is 5.49. The third-order valence-corrected chi connectivity index (χ3v) is 4.15. The number of hydrogen-bond acceptors (Lipinski definition) is 6. The maximum absolute atomic E-state index is 10.0. The van der Waals surface area contributed by atoms with E-state index in [0.717, 1.165) is 37.6 Å². The van der Waals surface area contributed by atoms with Gasteiger partial charge < -0.3 is 16.2 Å². The Kier molecular flexibility index (Phi) is 5.25. The van der Waals surface area contributed by atoms with Crippen molar-refractivity contribution < 1.29 is 5.11 Å². The van der Waals surface area contributed by atoms with Crippen LogP contribution < -0.4 is 11.1 Å². The van der Waals surface area contributed by atoms with Crippen molar-refractivity contribution in [2.45, 2.75) is 11.0 Å². The molecule has 1 aromatic rings. The number of aromatic nitrogens is 1. The van der Waals surface area contributed by atoms with Crippen LogP contribution in [0.4, 0.5) is 5.69 Å². The number of hydrogen-bond donors (Lipinski definition) is 3. The van der Waals surface area contributed by atoms with Crippen LogP contribution in [-0.2, 0) is 0 Å². The number of nitrogen functional groups attached to an aromatic ring is 1. The third kappa shape index (κ3) is 4.13. The summed E-state index contributed by atoms with van der Waals surface area (Å²) in [5.41, 5.74) is 6.49. The smallest absolute Gasteiger partial charge is 0.0760 e. The van der Waals surface area contributed by atoms with Gasteiger partial charge in [0.05, 0.1) is 18.0 Å². The highest BCUT2D eigenvalue weighted by molar-refractivity contribution is 7.99. The fourth-order valence-corrected chi connectivity index (χ4v) is 2.81. The van der Waals surface area contributed by atoms with Gasteiger partial charge in [0.15, 0.2) is 0 Å². The first-order chi connectivity index (χ1) is 8.75. The van der Waals surface area contributed by atoms with E-state index in [4.69, 9.17) is 5.73 Å². The Bertz CT molecular complexity index is 371. The van der Waals surface area contributed by atoms with Crippen molar-refractivity contribution in [3.63, 3.8) is 0 Å². The number of pyridine rings is 1. The minimum atomic E-state index is -0.319. The maximum atomic E-state index is 10.0. The van der Waals surface area contributed by atoms with E-state index in [0.29, 0.717) is 11.4 Å². The molecule has 1 aliphatic heterocycles. The van der Waals surface area contributed by atoms with E-state index < -0.39 is 0 Å². The van der Waals surface area contributed by atoms with Gasteiger partial charge in [0.25, 0.3) is 0 Å². The zero-order valence-corrected chi connectivity index (χ0v) is 11.2. The Morgan fingerprint density at radius 2 is 2.28 bits per heavy atom. The lowest BCUT2D eigenvalue weighted by Gasteiger charge is -2.28. The Balaban J connectivity index is 1.74. The molecule has 0 aromatic carbocycles. The number of aliphatic hydroxyl groups is 1. The van der Waals surface area contributed by atoms with E-state index in [-0.39, 0.29) is 6.10 Å². The number of rotatable bonds is 5. The third-order valence-electron chi connectivity index (χ3n) is 2.92. The Hall–Kier alpha value is -0.820. The van der Waals surface area contributed by atoms with Crippen LogP contribution in [0.15, 0.2) is 23.4 Å². The molecular formula is C12H20N4OS. The average Bonchev–Trinajstić information content (AvgIpc) is 2.39. The first kappa shape index (κ1) is 13.6. The van der Waals surface area contributed by atoms with Crippen LogP contribution in [0.3, 0.4) is 0 Å². The number of aliphatic hydroxyl groups excluding tert-OH is 1. The molecule has 0 amide bonds. The van der Waals surface area contributed by atoms with Crippen molar-refractivity contribution in [3.05, 3.63) is 18.5 Å². The minimum Gasteiger partial charge on any atom is -0.397 e. The molecule has 5 nitrogen and oxygen atoms in total. The number of anilines is 1. The second-order valence-electron chi connectivity index (χ2n) is 4.43. The fraction of sp³-hybridized carbons (Fsp3) is 0.583. The van der Waals surface area contributed by atoms with Gasteiger partial charge in [-0.3, -0.25) is 9.88 Å². The molecule has 18 heavy (non-hydrogen) atoms. The highest BCUT2D eigenvalue weighted by Crippen LogP contribution is 2.24. The molecule has 2 heterocycles. The number of nitrogens with two attached hydrogens (primary N) is 1. The summed E-state index contributed by atoms with van der Waals surface area (Å²) in [6, 6.07) is 1.89. The summed E-state index contributed by atoms with van der Waals surface area (Å²) >= 11 is 1.59. The average molecular weight is 268 g/mol. The largest absolute Gasteiger partial charge is 0.397 e. The van der Waals surface area contributed by atoms with Crippen LogP contribution in [0, 0.1) is 0 Å². The van der Waals surface area contributed by atoms with Crippen LogP contribution in [-0.4, -0.2) is 59.6 Å². The predicted molar refractivity (Wildman–Crippen MR) is 74.7 cm³/mol. The zero-order valence-electron chi connectivity index (χ0n) is 10.4. The van der Waals surface area contributed by atoms with Gasteiger partial charge in [0.1, 0.15) is 0 Å². The van der Waals surface area contributed by atoms with E-state index in [2.05, 4.69) is 15.2 Å².